The average Bonchev–Trinajstić information content (AvgIpc) is 3.63. The molecule has 0 atom stereocenters. The predicted molar refractivity (Wildman–Crippen MR) is 147 cm³/mol. The van der Waals surface area contributed by atoms with E-state index in [0.29, 0.717) is 28.8 Å². The molecule has 196 valence electrons. The number of benzene rings is 3. The number of carbonyl (C=O) groups is 1. The molecule has 1 saturated heterocycles. The number of likely N-dealkylation sites (tertiary alicyclic amines) is 1. The van der Waals surface area contributed by atoms with Gasteiger partial charge in [0.25, 0.3) is 0 Å². The molecule has 3 aromatic carbocycles. The lowest BCUT2D eigenvalue weighted by molar-refractivity contribution is -0.127. The highest BCUT2D eigenvalue weighted by atomic mass is 32.2. The molecule has 1 aliphatic heterocycles. The first kappa shape index (κ1) is 25.7. The fraction of sp³-hybridized carbons (Fsp3) is 0.276. The van der Waals surface area contributed by atoms with E-state index in [2.05, 4.69) is 10.2 Å². The normalized spacial score (nSPS) is 12.9. The predicted octanol–water partition coefficient (Wildman–Crippen LogP) is 5.38. The van der Waals surface area contributed by atoms with Crippen LogP contribution in [0.15, 0.2) is 78.0 Å². The summed E-state index contributed by atoms with van der Waals surface area (Å²) in [5, 5.41) is 9.66. The van der Waals surface area contributed by atoms with Crippen molar-refractivity contribution in [2.75, 3.05) is 33.1 Å². The van der Waals surface area contributed by atoms with Gasteiger partial charge in [-0.1, -0.05) is 36.0 Å². The summed E-state index contributed by atoms with van der Waals surface area (Å²) in [5.41, 5.74) is 1.90. The van der Waals surface area contributed by atoms with Crippen LogP contribution in [0, 0.1) is 0 Å². The Kier molecular flexibility index (Phi) is 8.13. The minimum absolute atomic E-state index is 0.134. The van der Waals surface area contributed by atoms with Gasteiger partial charge < -0.3 is 19.1 Å². The molecule has 8 nitrogen and oxygen atoms in total. The highest BCUT2D eigenvalue weighted by Gasteiger charge is 2.21. The minimum Gasteiger partial charge on any atom is -0.493 e. The molecule has 1 fully saturated rings. The van der Waals surface area contributed by atoms with E-state index in [-0.39, 0.29) is 5.91 Å². The van der Waals surface area contributed by atoms with Gasteiger partial charge >= 0.3 is 0 Å². The van der Waals surface area contributed by atoms with Crippen LogP contribution in [-0.4, -0.2) is 58.6 Å². The molecule has 1 amide bonds. The lowest BCUT2D eigenvalue weighted by Gasteiger charge is -2.15. The Morgan fingerprint density at radius 2 is 1.58 bits per heavy atom. The summed E-state index contributed by atoms with van der Waals surface area (Å²) in [6.45, 7) is 1.67. The summed E-state index contributed by atoms with van der Waals surface area (Å²) in [4.78, 5) is 14.6. The van der Waals surface area contributed by atoms with E-state index in [9.17, 15) is 4.79 Å². The number of hydrogen-bond donors (Lipinski definition) is 0. The molecule has 0 aliphatic carbocycles. The summed E-state index contributed by atoms with van der Waals surface area (Å²) in [6, 6.07) is 23.3. The number of aromatic nitrogens is 3. The molecule has 5 rings (SSSR count). The third-order valence-electron chi connectivity index (χ3n) is 6.37. The lowest BCUT2D eigenvalue weighted by Crippen LogP contribution is -2.29. The van der Waals surface area contributed by atoms with Crippen molar-refractivity contribution in [1.82, 2.24) is 19.7 Å². The molecule has 0 saturated carbocycles. The van der Waals surface area contributed by atoms with Crippen LogP contribution in [0.1, 0.15) is 24.2 Å². The molecule has 38 heavy (non-hydrogen) atoms. The van der Waals surface area contributed by atoms with Crippen molar-refractivity contribution >= 4 is 17.7 Å². The molecule has 0 N–H and O–H groups in total. The molecule has 0 spiro atoms. The summed E-state index contributed by atoms with van der Waals surface area (Å²) in [5.74, 6) is 4.04. The fourth-order valence-corrected chi connectivity index (χ4v) is 5.29. The molecule has 9 heteroatoms. The van der Waals surface area contributed by atoms with Crippen molar-refractivity contribution in [3.05, 3.63) is 84.2 Å². The lowest BCUT2D eigenvalue weighted by atomic mass is 10.1. The zero-order valence-electron chi connectivity index (χ0n) is 21.5. The molecule has 0 bridgehead atoms. The maximum Gasteiger partial charge on any atom is 0.233 e. The Morgan fingerprint density at radius 3 is 2.29 bits per heavy atom. The molecule has 0 radical (unpaired) electrons. The Bertz CT molecular complexity index is 1370. The standard InChI is InChI=1S/C29H30N4O4S/c1-35-25-15-10-21(18-26(25)36-2)19-27-30-31-29(38-20-28(34)32-16-6-7-17-32)33(27)22-11-13-24(14-12-22)37-23-8-4-3-5-9-23/h3-5,8-15,18H,6-7,16-17,19-20H2,1-2H3. The van der Waals surface area contributed by atoms with Crippen LogP contribution in [0.3, 0.4) is 0 Å². The Balaban J connectivity index is 1.42. The second-order valence-corrected chi connectivity index (χ2v) is 9.83. The van der Waals surface area contributed by atoms with E-state index in [1.165, 1.54) is 11.8 Å². The number of thioether (sulfide) groups is 1. The van der Waals surface area contributed by atoms with Crippen LogP contribution in [0.2, 0.25) is 0 Å². The Hall–Kier alpha value is -3.98. The zero-order valence-corrected chi connectivity index (χ0v) is 22.3. The van der Waals surface area contributed by atoms with Gasteiger partial charge in [0.1, 0.15) is 17.3 Å². The van der Waals surface area contributed by atoms with Crippen molar-refractivity contribution < 1.29 is 19.0 Å². The van der Waals surface area contributed by atoms with Crippen LogP contribution in [0.4, 0.5) is 0 Å². The second kappa shape index (κ2) is 12.0. The average molecular weight is 531 g/mol. The van der Waals surface area contributed by atoms with E-state index in [1.54, 1.807) is 14.2 Å². The van der Waals surface area contributed by atoms with Crippen LogP contribution in [-0.2, 0) is 11.2 Å². The molecule has 1 aliphatic rings. The first-order chi connectivity index (χ1) is 18.6. The van der Waals surface area contributed by atoms with Crippen molar-refractivity contribution in [2.45, 2.75) is 24.4 Å². The van der Waals surface area contributed by atoms with E-state index in [0.717, 1.165) is 54.5 Å². The molecule has 2 heterocycles. The molecule has 0 unspecified atom stereocenters. The number of hydrogen-bond acceptors (Lipinski definition) is 7. The van der Waals surface area contributed by atoms with Gasteiger partial charge in [-0.15, -0.1) is 10.2 Å². The van der Waals surface area contributed by atoms with Gasteiger partial charge in [0.05, 0.1) is 20.0 Å². The SMILES string of the molecule is COc1ccc(Cc2nnc(SCC(=O)N3CCCC3)n2-c2ccc(Oc3ccccc3)cc2)cc1OC. The quantitative estimate of drug-likeness (QED) is 0.255. The van der Waals surface area contributed by atoms with E-state index >= 15 is 0 Å². The van der Waals surface area contributed by atoms with Crippen LogP contribution in [0.5, 0.6) is 23.0 Å². The van der Waals surface area contributed by atoms with Crippen LogP contribution >= 0.6 is 11.8 Å². The van der Waals surface area contributed by atoms with Gasteiger partial charge in [-0.2, -0.15) is 0 Å². The van der Waals surface area contributed by atoms with Gasteiger partial charge in [-0.25, -0.2) is 0 Å². The maximum atomic E-state index is 12.7. The van der Waals surface area contributed by atoms with Crippen LogP contribution < -0.4 is 14.2 Å². The third-order valence-corrected chi connectivity index (χ3v) is 7.28. The molecule has 1 aromatic heterocycles. The highest BCUT2D eigenvalue weighted by Crippen LogP contribution is 2.30. The second-order valence-electron chi connectivity index (χ2n) is 8.89. The topological polar surface area (TPSA) is 78.7 Å². The van der Waals surface area contributed by atoms with Crippen molar-refractivity contribution in [1.29, 1.82) is 0 Å². The minimum atomic E-state index is 0.134. The van der Waals surface area contributed by atoms with Gasteiger partial charge in [0.2, 0.25) is 5.91 Å². The number of nitrogens with zero attached hydrogens (tertiary/aromatic N) is 4. The largest absolute Gasteiger partial charge is 0.493 e. The van der Waals surface area contributed by atoms with Crippen molar-refractivity contribution in [2.24, 2.45) is 0 Å². The van der Waals surface area contributed by atoms with E-state index < -0.39 is 0 Å². The number of ether oxygens (including phenoxy) is 3. The summed E-state index contributed by atoms with van der Waals surface area (Å²) in [7, 11) is 3.24. The van der Waals surface area contributed by atoms with Crippen molar-refractivity contribution in [3.8, 4) is 28.7 Å². The number of carbonyl (C=O) groups excluding carboxylic acids is 1. The molecular weight excluding hydrogens is 500 g/mol. The van der Waals surface area contributed by atoms with Gasteiger partial charge in [-0.3, -0.25) is 9.36 Å². The highest BCUT2D eigenvalue weighted by molar-refractivity contribution is 7.99. The summed E-state index contributed by atoms with van der Waals surface area (Å²) < 4.78 is 18.8. The Labute approximate surface area is 226 Å². The third kappa shape index (κ3) is 5.94. The molecule has 4 aromatic rings. The smallest absolute Gasteiger partial charge is 0.233 e. The first-order valence-corrected chi connectivity index (χ1v) is 13.5. The number of rotatable bonds is 10. The number of methoxy groups -OCH3 is 2. The van der Waals surface area contributed by atoms with Gasteiger partial charge in [-0.05, 0) is 66.9 Å². The van der Waals surface area contributed by atoms with E-state index in [4.69, 9.17) is 14.2 Å². The number of amides is 1. The summed E-state index contributed by atoms with van der Waals surface area (Å²) in [6.07, 6.45) is 2.66. The molecular formula is C29H30N4O4S. The maximum absolute atomic E-state index is 12.7. The van der Waals surface area contributed by atoms with Gasteiger partial charge in [0.15, 0.2) is 16.7 Å². The first-order valence-electron chi connectivity index (χ1n) is 12.5. The van der Waals surface area contributed by atoms with Crippen LogP contribution in [0.25, 0.3) is 5.69 Å². The fourth-order valence-electron chi connectivity index (χ4n) is 4.41. The van der Waals surface area contributed by atoms with Crippen molar-refractivity contribution in [3.63, 3.8) is 0 Å². The Morgan fingerprint density at radius 1 is 0.868 bits per heavy atom. The zero-order chi connectivity index (χ0) is 26.3. The van der Waals surface area contributed by atoms with Gasteiger partial charge in [0, 0.05) is 25.2 Å². The monoisotopic (exact) mass is 530 g/mol. The number of para-hydroxylation sites is 1. The van der Waals surface area contributed by atoms with E-state index in [1.807, 2.05) is 82.3 Å². The summed E-state index contributed by atoms with van der Waals surface area (Å²) >= 11 is 1.41.